The molecule has 0 bridgehead atoms. The number of aromatic nitrogens is 2. The van der Waals surface area contributed by atoms with Gasteiger partial charge in [-0.05, 0) is 12.1 Å². The average Bonchev–Trinajstić information content (AvgIpc) is 2.42. The Balaban J connectivity index is 2.51. The zero-order valence-corrected chi connectivity index (χ0v) is 10.6. The van der Waals surface area contributed by atoms with E-state index >= 15 is 0 Å². The van der Waals surface area contributed by atoms with Gasteiger partial charge < -0.3 is 19.6 Å². The first-order chi connectivity index (χ1) is 9.17. The molecule has 2 aromatic rings. The maximum atomic E-state index is 11.7. The Bertz CT molecular complexity index is 615. The van der Waals surface area contributed by atoms with Crippen LogP contribution < -0.4 is 15.0 Å². The summed E-state index contributed by atoms with van der Waals surface area (Å²) >= 11 is 0. The smallest absolute Gasteiger partial charge is 0.258 e. The van der Waals surface area contributed by atoms with Crippen molar-refractivity contribution < 1.29 is 14.6 Å². The summed E-state index contributed by atoms with van der Waals surface area (Å²) in [6, 6.07) is 5.31. The summed E-state index contributed by atoms with van der Waals surface area (Å²) in [5, 5.41) is 9.67. The molecule has 6 heteroatoms. The van der Waals surface area contributed by atoms with Gasteiger partial charge in [0.25, 0.3) is 5.56 Å². The van der Waals surface area contributed by atoms with Crippen molar-refractivity contribution in [2.75, 3.05) is 14.2 Å². The fourth-order valence-electron chi connectivity index (χ4n) is 1.86. The van der Waals surface area contributed by atoms with Gasteiger partial charge in [0.05, 0.1) is 26.1 Å². The number of nitrogens with zero attached hydrogens (tertiary/aromatic N) is 1. The van der Waals surface area contributed by atoms with Crippen LogP contribution in [0.5, 0.6) is 17.4 Å². The summed E-state index contributed by atoms with van der Waals surface area (Å²) in [4.78, 5) is 17.8. The van der Waals surface area contributed by atoms with E-state index in [4.69, 9.17) is 9.47 Å². The van der Waals surface area contributed by atoms with Gasteiger partial charge in [-0.3, -0.25) is 4.79 Å². The predicted molar refractivity (Wildman–Crippen MR) is 68.9 cm³/mol. The number of rotatable bonds is 4. The highest BCUT2D eigenvalue weighted by molar-refractivity contribution is 5.48. The number of hydrogen-bond donors (Lipinski definition) is 2. The highest BCUT2D eigenvalue weighted by Crippen LogP contribution is 2.30. The molecule has 19 heavy (non-hydrogen) atoms. The summed E-state index contributed by atoms with van der Waals surface area (Å²) in [6.45, 7) is 0. The van der Waals surface area contributed by atoms with Gasteiger partial charge in [0.2, 0.25) is 5.88 Å². The summed E-state index contributed by atoms with van der Waals surface area (Å²) < 4.78 is 10.5. The second-order valence-electron chi connectivity index (χ2n) is 3.85. The standard InChI is InChI=1S/C13H14N2O4/c1-18-10-4-3-5-11(19-2)8(10)6-9-12(16)14-7-15-13(9)17/h3-5,7H,6H2,1-2H3,(H2,14,15,16,17). The molecule has 2 rings (SSSR count). The molecule has 0 atom stereocenters. The molecule has 0 spiro atoms. The summed E-state index contributed by atoms with van der Waals surface area (Å²) in [5.74, 6) is 0.876. The molecule has 0 saturated heterocycles. The van der Waals surface area contributed by atoms with Crippen molar-refractivity contribution >= 4 is 0 Å². The number of hydrogen-bond acceptors (Lipinski definition) is 5. The van der Waals surface area contributed by atoms with Crippen molar-refractivity contribution in [1.29, 1.82) is 0 Å². The van der Waals surface area contributed by atoms with Crippen molar-refractivity contribution in [2.45, 2.75) is 6.42 Å². The molecule has 0 aliphatic carbocycles. The van der Waals surface area contributed by atoms with Gasteiger partial charge in [-0.15, -0.1) is 0 Å². The van der Waals surface area contributed by atoms with Gasteiger partial charge in [0.15, 0.2) is 0 Å². The zero-order valence-electron chi connectivity index (χ0n) is 10.6. The molecule has 1 heterocycles. The molecule has 1 aromatic carbocycles. The minimum Gasteiger partial charge on any atom is -0.496 e. The average molecular weight is 262 g/mol. The second kappa shape index (κ2) is 5.43. The maximum Gasteiger partial charge on any atom is 0.258 e. The van der Waals surface area contributed by atoms with Crippen LogP contribution in [0, 0.1) is 0 Å². The Morgan fingerprint density at radius 1 is 1.21 bits per heavy atom. The number of aromatic amines is 1. The summed E-state index contributed by atoms with van der Waals surface area (Å²) in [6.07, 6.45) is 1.32. The quantitative estimate of drug-likeness (QED) is 0.861. The van der Waals surface area contributed by atoms with E-state index < -0.39 is 0 Å². The normalized spacial score (nSPS) is 10.2. The molecule has 0 amide bonds. The van der Waals surface area contributed by atoms with Crippen molar-refractivity contribution in [3.8, 4) is 17.4 Å². The van der Waals surface area contributed by atoms with Crippen LogP contribution in [0.15, 0.2) is 29.3 Å². The molecule has 6 nitrogen and oxygen atoms in total. The first-order valence-electron chi connectivity index (χ1n) is 5.62. The molecule has 2 N–H and O–H groups in total. The Morgan fingerprint density at radius 3 is 2.37 bits per heavy atom. The molecule has 0 saturated carbocycles. The number of benzene rings is 1. The van der Waals surface area contributed by atoms with Crippen molar-refractivity contribution in [3.05, 3.63) is 46.0 Å². The number of aromatic hydroxyl groups is 1. The number of ether oxygens (including phenoxy) is 2. The van der Waals surface area contributed by atoms with Crippen molar-refractivity contribution in [3.63, 3.8) is 0 Å². The second-order valence-corrected chi connectivity index (χ2v) is 3.85. The lowest BCUT2D eigenvalue weighted by Crippen LogP contribution is -2.14. The molecule has 0 fully saturated rings. The van der Waals surface area contributed by atoms with Gasteiger partial charge in [0, 0.05) is 12.0 Å². The molecule has 0 aliphatic heterocycles. The van der Waals surface area contributed by atoms with Crippen LogP contribution in [0.1, 0.15) is 11.1 Å². The van der Waals surface area contributed by atoms with E-state index in [1.165, 1.54) is 14.2 Å². The van der Waals surface area contributed by atoms with Crippen molar-refractivity contribution in [1.82, 2.24) is 9.97 Å². The SMILES string of the molecule is COc1cccc(OC)c1Cc1c(O)nc[nH]c1=O. The van der Waals surface area contributed by atoms with E-state index in [-0.39, 0.29) is 23.4 Å². The van der Waals surface area contributed by atoms with Crippen LogP contribution in [0.25, 0.3) is 0 Å². The topological polar surface area (TPSA) is 84.4 Å². The lowest BCUT2D eigenvalue weighted by Gasteiger charge is -2.12. The van der Waals surface area contributed by atoms with E-state index in [2.05, 4.69) is 9.97 Å². The van der Waals surface area contributed by atoms with Crippen LogP contribution in [0.2, 0.25) is 0 Å². The fraction of sp³-hybridized carbons (Fsp3) is 0.231. The summed E-state index contributed by atoms with van der Waals surface area (Å²) in [5.41, 5.74) is 0.465. The van der Waals surface area contributed by atoms with E-state index in [0.717, 1.165) is 6.33 Å². The van der Waals surface area contributed by atoms with E-state index in [0.29, 0.717) is 17.1 Å². The molecular weight excluding hydrogens is 248 g/mol. The van der Waals surface area contributed by atoms with Crippen LogP contribution >= 0.6 is 0 Å². The van der Waals surface area contributed by atoms with Crippen LogP contribution in [0.3, 0.4) is 0 Å². The lowest BCUT2D eigenvalue weighted by molar-refractivity contribution is 0.386. The third-order valence-corrected chi connectivity index (χ3v) is 2.81. The highest BCUT2D eigenvalue weighted by Gasteiger charge is 2.15. The first-order valence-corrected chi connectivity index (χ1v) is 5.62. The third-order valence-electron chi connectivity index (χ3n) is 2.81. The summed E-state index contributed by atoms with van der Waals surface area (Å²) in [7, 11) is 3.07. The van der Waals surface area contributed by atoms with Crippen LogP contribution in [-0.4, -0.2) is 29.3 Å². The number of H-pyrrole nitrogens is 1. The van der Waals surface area contributed by atoms with Gasteiger partial charge >= 0.3 is 0 Å². The highest BCUT2D eigenvalue weighted by atomic mass is 16.5. The van der Waals surface area contributed by atoms with Crippen molar-refractivity contribution in [2.24, 2.45) is 0 Å². The van der Waals surface area contributed by atoms with E-state index in [1.54, 1.807) is 18.2 Å². The first kappa shape index (κ1) is 12.9. The zero-order chi connectivity index (χ0) is 13.8. The maximum absolute atomic E-state index is 11.7. The monoisotopic (exact) mass is 262 g/mol. The molecule has 1 aromatic heterocycles. The predicted octanol–water partition coefficient (Wildman–Crippen LogP) is 1.08. The lowest BCUT2D eigenvalue weighted by atomic mass is 10.0. The van der Waals surface area contributed by atoms with Gasteiger partial charge in [-0.2, -0.15) is 0 Å². The molecular formula is C13H14N2O4. The van der Waals surface area contributed by atoms with Gasteiger partial charge in [0.1, 0.15) is 11.5 Å². The largest absolute Gasteiger partial charge is 0.496 e. The molecule has 100 valence electrons. The third kappa shape index (κ3) is 2.52. The Hall–Kier alpha value is -2.50. The Kier molecular flexibility index (Phi) is 3.70. The Labute approximate surface area is 109 Å². The van der Waals surface area contributed by atoms with E-state index in [1.807, 2.05) is 0 Å². The minimum absolute atomic E-state index is 0.169. The van der Waals surface area contributed by atoms with Gasteiger partial charge in [-0.1, -0.05) is 6.07 Å². The number of nitrogens with one attached hydrogen (secondary N) is 1. The van der Waals surface area contributed by atoms with Crippen LogP contribution in [-0.2, 0) is 6.42 Å². The molecule has 0 radical (unpaired) electrons. The molecule has 0 aliphatic rings. The van der Waals surface area contributed by atoms with Crippen LogP contribution in [0.4, 0.5) is 0 Å². The van der Waals surface area contributed by atoms with E-state index in [9.17, 15) is 9.90 Å². The van der Waals surface area contributed by atoms with Gasteiger partial charge in [-0.25, -0.2) is 4.98 Å². The Morgan fingerprint density at radius 2 is 1.84 bits per heavy atom. The number of methoxy groups -OCH3 is 2. The molecule has 0 unspecified atom stereocenters. The minimum atomic E-state index is -0.388. The fourth-order valence-corrected chi connectivity index (χ4v) is 1.86.